The number of rotatable bonds is 5. The average molecular weight is 354 g/mol. The van der Waals surface area contributed by atoms with Gasteiger partial charge in [0.25, 0.3) is 0 Å². The molecule has 114 valence electrons. The first-order valence-corrected chi connectivity index (χ1v) is 8.15. The lowest BCUT2D eigenvalue weighted by Gasteiger charge is -2.26. The Balaban J connectivity index is 1.76. The van der Waals surface area contributed by atoms with Gasteiger partial charge in [0.2, 0.25) is 0 Å². The van der Waals surface area contributed by atoms with Crippen LogP contribution in [0.3, 0.4) is 0 Å². The van der Waals surface area contributed by atoms with Crippen LogP contribution in [-0.4, -0.2) is 21.5 Å². The van der Waals surface area contributed by atoms with Crippen LogP contribution in [0, 0.1) is 0 Å². The van der Waals surface area contributed by atoms with Gasteiger partial charge in [-0.2, -0.15) is 5.10 Å². The third-order valence-corrected chi connectivity index (χ3v) is 4.47. The average Bonchev–Trinajstić information content (AvgIpc) is 3.07. The zero-order valence-corrected chi connectivity index (χ0v) is 13.6. The summed E-state index contributed by atoms with van der Waals surface area (Å²) in [5.74, 6) is 0.928. The van der Waals surface area contributed by atoms with Crippen LogP contribution in [0.25, 0.3) is 0 Å². The fourth-order valence-electron chi connectivity index (χ4n) is 3.02. The van der Waals surface area contributed by atoms with Crippen molar-refractivity contribution < 1.29 is 9.52 Å². The molecule has 21 heavy (non-hydrogen) atoms. The molecule has 0 radical (unpaired) electrons. The van der Waals surface area contributed by atoms with Crippen LogP contribution in [0.15, 0.2) is 27.4 Å². The van der Waals surface area contributed by atoms with Gasteiger partial charge in [0.05, 0.1) is 25.4 Å². The second kappa shape index (κ2) is 6.34. The van der Waals surface area contributed by atoms with Crippen LogP contribution in [0.5, 0.6) is 0 Å². The van der Waals surface area contributed by atoms with Gasteiger partial charge in [-0.1, -0.05) is 0 Å². The summed E-state index contributed by atoms with van der Waals surface area (Å²) in [4.78, 5) is 0. The highest BCUT2D eigenvalue weighted by atomic mass is 79.9. The summed E-state index contributed by atoms with van der Waals surface area (Å²) in [6, 6.07) is 4.34. The van der Waals surface area contributed by atoms with E-state index in [1.54, 1.807) is 0 Å². The molecule has 0 saturated heterocycles. The van der Waals surface area contributed by atoms with Gasteiger partial charge in [-0.05, 0) is 54.2 Å². The number of nitrogens with one attached hydrogen (secondary N) is 1. The Morgan fingerprint density at radius 2 is 2.43 bits per heavy atom. The molecule has 0 saturated carbocycles. The van der Waals surface area contributed by atoms with Gasteiger partial charge in [-0.15, -0.1) is 0 Å². The minimum absolute atomic E-state index is 0.128. The normalized spacial score (nSPS) is 19.5. The first kappa shape index (κ1) is 14.8. The molecule has 0 aliphatic heterocycles. The molecule has 0 amide bonds. The van der Waals surface area contributed by atoms with Gasteiger partial charge in [-0.3, -0.25) is 4.68 Å². The predicted octanol–water partition coefficient (Wildman–Crippen LogP) is 2.96. The molecular formula is C15H20BrN3O2. The zero-order chi connectivity index (χ0) is 14.8. The Kier molecular flexibility index (Phi) is 4.47. The first-order valence-electron chi connectivity index (χ1n) is 7.35. The summed E-state index contributed by atoms with van der Waals surface area (Å²) < 4.78 is 8.30. The summed E-state index contributed by atoms with van der Waals surface area (Å²) in [5.41, 5.74) is 2.51. The van der Waals surface area contributed by atoms with E-state index in [0.29, 0.717) is 12.6 Å². The largest absolute Gasteiger partial charge is 0.453 e. The minimum Gasteiger partial charge on any atom is -0.453 e. The lowest BCUT2D eigenvalue weighted by molar-refractivity contribution is 0.266. The van der Waals surface area contributed by atoms with Crippen molar-refractivity contribution in [2.75, 3.05) is 6.61 Å². The molecule has 5 nitrogen and oxygen atoms in total. The van der Waals surface area contributed by atoms with Crippen LogP contribution in [0.2, 0.25) is 0 Å². The van der Waals surface area contributed by atoms with Crippen LogP contribution >= 0.6 is 15.9 Å². The van der Waals surface area contributed by atoms with Gasteiger partial charge in [-0.25, -0.2) is 0 Å². The number of aliphatic hydroxyl groups excluding tert-OH is 1. The summed E-state index contributed by atoms with van der Waals surface area (Å²) in [7, 11) is 0. The van der Waals surface area contributed by atoms with E-state index in [4.69, 9.17) is 9.52 Å². The zero-order valence-electron chi connectivity index (χ0n) is 12.1. The number of aliphatic hydroxyl groups is 1. The van der Waals surface area contributed by atoms with Crippen LogP contribution < -0.4 is 5.32 Å². The third-order valence-electron chi connectivity index (χ3n) is 4.05. The highest BCUT2D eigenvalue weighted by Gasteiger charge is 2.26. The summed E-state index contributed by atoms with van der Waals surface area (Å²) in [5, 5.41) is 17.1. The SMILES string of the molecule is CC(NC1CCCc2c1cnn2CCO)c1ccc(Br)o1. The number of hydrogen-bond donors (Lipinski definition) is 2. The van der Waals surface area contributed by atoms with Gasteiger partial charge in [0.15, 0.2) is 4.67 Å². The summed E-state index contributed by atoms with van der Waals surface area (Å²) in [6.45, 7) is 2.81. The van der Waals surface area contributed by atoms with E-state index in [1.165, 1.54) is 11.3 Å². The lowest BCUT2D eigenvalue weighted by atomic mass is 9.92. The van der Waals surface area contributed by atoms with E-state index < -0.39 is 0 Å². The lowest BCUT2D eigenvalue weighted by Crippen LogP contribution is -2.27. The van der Waals surface area contributed by atoms with E-state index in [9.17, 15) is 0 Å². The Labute approximate surface area is 132 Å². The van der Waals surface area contributed by atoms with Crippen molar-refractivity contribution in [3.05, 3.63) is 40.0 Å². The van der Waals surface area contributed by atoms with Crippen molar-refractivity contribution in [3.8, 4) is 0 Å². The van der Waals surface area contributed by atoms with Crippen molar-refractivity contribution >= 4 is 15.9 Å². The number of fused-ring (bicyclic) bond motifs is 1. The third kappa shape index (κ3) is 3.07. The van der Waals surface area contributed by atoms with E-state index in [2.05, 4.69) is 33.3 Å². The molecular weight excluding hydrogens is 334 g/mol. The van der Waals surface area contributed by atoms with Crippen molar-refractivity contribution in [2.24, 2.45) is 0 Å². The van der Waals surface area contributed by atoms with Gasteiger partial charge in [0, 0.05) is 17.3 Å². The van der Waals surface area contributed by atoms with E-state index in [-0.39, 0.29) is 12.6 Å². The molecule has 0 fully saturated rings. The van der Waals surface area contributed by atoms with Crippen molar-refractivity contribution in [2.45, 2.75) is 44.8 Å². The second-order valence-corrected chi connectivity index (χ2v) is 6.25. The Morgan fingerprint density at radius 3 is 3.14 bits per heavy atom. The highest BCUT2D eigenvalue weighted by Crippen LogP contribution is 2.32. The van der Waals surface area contributed by atoms with Gasteiger partial charge >= 0.3 is 0 Å². The topological polar surface area (TPSA) is 63.2 Å². The van der Waals surface area contributed by atoms with Gasteiger partial charge in [0.1, 0.15) is 5.76 Å². The number of halogens is 1. The fourth-order valence-corrected chi connectivity index (χ4v) is 3.34. The molecule has 0 aromatic carbocycles. The fraction of sp³-hybridized carbons (Fsp3) is 0.533. The quantitative estimate of drug-likeness (QED) is 0.867. The predicted molar refractivity (Wildman–Crippen MR) is 83.0 cm³/mol. The minimum atomic E-state index is 0.128. The van der Waals surface area contributed by atoms with E-state index in [0.717, 1.165) is 29.7 Å². The van der Waals surface area contributed by atoms with E-state index >= 15 is 0 Å². The van der Waals surface area contributed by atoms with Crippen molar-refractivity contribution in [1.29, 1.82) is 0 Å². The molecule has 2 aromatic heterocycles. The standard InChI is InChI=1S/C15H20BrN3O2/c1-10(14-5-6-15(16)21-14)18-12-3-2-4-13-11(12)9-17-19(13)7-8-20/h5-6,9-10,12,18,20H,2-4,7-8H2,1H3. The van der Waals surface area contributed by atoms with Crippen molar-refractivity contribution in [3.63, 3.8) is 0 Å². The number of hydrogen-bond acceptors (Lipinski definition) is 4. The monoisotopic (exact) mass is 353 g/mol. The number of aromatic nitrogens is 2. The van der Waals surface area contributed by atoms with Crippen LogP contribution in [0.4, 0.5) is 0 Å². The number of furan rings is 1. The maximum absolute atomic E-state index is 9.11. The molecule has 2 atom stereocenters. The Bertz CT molecular complexity index is 608. The molecule has 1 aliphatic rings. The van der Waals surface area contributed by atoms with Crippen molar-refractivity contribution in [1.82, 2.24) is 15.1 Å². The molecule has 2 aromatic rings. The highest BCUT2D eigenvalue weighted by molar-refractivity contribution is 9.10. The molecule has 2 heterocycles. The molecule has 3 rings (SSSR count). The maximum Gasteiger partial charge on any atom is 0.169 e. The maximum atomic E-state index is 9.11. The van der Waals surface area contributed by atoms with Gasteiger partial charge < -0.3 is 14.8 Å². The van der Waals surface area contributed by atoms with Crippen LogP contribution in [0.1, 0.15) is 48.9 Å². The Hall–Kier alpha value is -1.11. The summed E-state index contributed by atoms with van der Waals surface area (Å²) in [6.07, 6.45) is 5.21. The molecule has 2 N–H and O–H groups in total. The first-order chi connectivity index (χ1) is 10.2. The Morgan fingerprint density at radius 1 is 1.57 bits per heavy atom. The summed E-state index contributed by atoms with van der Waals surface area (Å²) >= 11 is 3.34. The molecule has 2 unspecified atom stereocenters. The number of nitrogens with zero attached hydrogens (tertiary/aromatic N) is 2. The molecule has 0 bridgehead atoms. The molecule has 1 aliphatic carbocycles. The second-order valence-electron chi connectivity index (χ2n) is 5.47. The molecule has 6 heteroatoms. The molecule has 0 spiro atoms. The van der Waals surface area contributed by atoms with Crippen LogP contribution in [-0.2, 0) is 13.0 Å². The smallest absolute Gasteiger partial charge is 0.169 e. The van der Waals surface area contributed by atoms with E-state index in [1.807, 2.05) is 23.0 Å².